The number of hydrogen-bond donors (Lipinski definition) is 3. The minimum atomic E-state index is -1.01. The summed E-state index contributed by atoms with van der Waals surface area (Å²) in [6.45, 7) is 3.66. The van der Waals surface area contributed by atoms with E-state index in [9.17, 15) is 19.5 Å². The number of aliphatic carboxylic acids is 1. The van der Waals surface area contributed by atoms with E-state index in [4.69, 9.17) is 5.73 Å². The van der Waals surface area contributed by atoms with Crippen LogP contribution >= 0.6 is 23.1 Å². The fraction of sp³-hybridized carbons (Fsp3) is 0.538. The Morgan fingerprint density at radius 2 is 2.00 bits per heavy atom. The van der Waals surface area contributed by atoms with Crippen molar-refractivity contribution in [2.75, 3.05) is 5.73 Å². The molecule has 0 radical (unpaired) electrons. The highest BCUT2D eigenvalue weighted by atomic mass is 32.2. The van der Waals surface area contributed by atoms with Gasteiger partial charge in [0.05, 0.1) is 5.69 Å². The second-order valence-corrected chi connectivity index (χ2v) is 13.2. The van der Waals surface area contributed by atoms with E-state index < -0.39 is 22.8 Å². The smallest absolute Gasteiger partial charge is 0.327 e. The highest BCUT2D eigenvalue weighted by molar-refractivity contribution is 8.01. The zero-order valence-corrected chi connectivity index (χ0v) is 22.1. The third-order valence-corrected chi connectivity index (χ3v) is 10.2. The number of benzene rings is 1. The molecule has 3 fully saturated rings. The number of thioether (sulfide) groups is 1. The number of anilines is 1. The summed E-state index contributed by atoms with van der Waals surface area (Å²) in [5, 5.41) is 14.8. The van der Waals surface area contributed by atoms with Gasteiger partial charge in [-0.15, -0.1) is 23.1 Å². The molecule has 1 aliphatic carbocycles. The first-order valence-corrected chi connectivity index (χ1v) is 14.2. The monoisotopic (exact) mass is 528 g/mol. The maximum absolute atomic E-state index is 12.9. The van der Waals surface area contributed by atoms with Crippen LogP contribution in [-0.2, 0) is 14.4 Å². The van der Waals surface area contributed by atoms with E-state index in [1.807, 2.05) is 25.3 Å². The Labute approximate surface area is 219 Å². The molecule has 0 bridgehead atoms. The Hall–Kier alpha value is -2.59. The molecule has 1 unspecified atom stereocenters. The van der Waals surface area contributed by atoms with Crippen LogP contribution in [0.2, 0.25) is 0 Å². The number of rotatable bonds is 7. The molecule has 5 rings (SSSR count). The van der Waals surface area contributed by atoms with Crippen molar-refractivity contribution in [2.45, 2.75) is 80.0 Å². The number of carbonyl (C=O) groups is 3. The number of carboxylic acids is 1. The van der Waals surface area contributed by atoms with Gasteiger partial charge < -0.3 is 21.1 Å². The molecule has 10 heteroatoms. The Morgan fingerprint density at radius 1 is 1.25 bits per heavy atom. The van der Waals surface area contributed by atoms with E-state index in [-0.39, 0.29) is 23.1 Å². The lowest BCUT2D eigenvalue weighted by Crippen LogP contribution is -2.70. The van der Waals surface area contributed by atoms with E-state index in [0.29, 0.717) is 29.8 Å². The summed E-state index contributed by atoms with van der Waals surface area (Å²) < 4.78 is -0.606. The largest absolute Gasteiger partial charge is 0.480 e. The second kappa shape index (κ2) is 9.70. The van der Waals surface area contributed by atoms with Gasteiger partial charge in [-0.2, -0.15) is 0 Å². The third kappa shape index (κ3) is 4.61. The molecule has 2 amide bonds. The summed E-state index contributed by atoms with van der Waals surface area (Å²) >= 11 is 2.90. The van der Waals surface area contributed by atoms with Gasteiger partial charge in [0.15, 0.2) is 5.13 Å². The molecule has 8 nitrogen and oxygen atoms in total. The van der Waals surface area contributed by atoms with Gasteiger partial charge in [-0.3, -0.25) is 9.59 Å². The number of carbonyl (C=O) groups excluding carboxylic acids is 2. The highest BCUT2D eigenvalue weighted by Gasteiger charge is 2.64. The number of hydrogen-bond acceptors (Lipinski definition) is 7. The second-order valence-electron chi connectivity index (χ2n) is 10.6. The maximum Gasteiger partial charge on any atom is 0.327 e. The molecule has 1 aromatic heterocycles. The van der Waals surface area contributed by atoms with Gasteiger partial charge in [-0.25, -0.2) is 9.78 Å². The van der Waals surface area contributed by atoms with Gasteiger partial charge in [-0.05, 0) is 56.9 Å². The summed E-state index contributed by atoms with van der Waals surface area (Å²) in [5.74, 6) is -0.485. The number of nitrogens with one attached hydrogen (secondary N) is 1. The van der Waals surface area contributed by atoms with Gasteiger partial charge in [-0.1, -0.05) is 30.3 Å². The summed E-state index contributed by atoms with van der Waals surface area (Å²) in [5.41, 5.74) is 8.30. The fourth-order valence-corrected chi connectivity index (χ4v) is 8.40. The summed E-state index contributed by atoms with van der Waals surface area (Å²) in [6.07, 6.45) is 4.07. The number of amides is 2. The van der Waals surface area contributed by atoms with Crippen LogP contribution in [0.1, 0.15) is 69.0 Å². The van der Waals surface area contributed by atoms with E-state index in [1.54, 1.807) is 0 Å². The summed E-state index contributed by atoms with van der Waals surface area (Å²) in [6, 6.07) is 9.01. The predicted octanol–water partition coefficient (Wildman–Crippen LogP) is 3.80. The van der Waals surface area contributed by atoms with Crippen LogP contribution < -0.4 is 11.1 Å². The molecule has 2 saturated heterocycles. The first kappa shape index (κ1) is 25.1. The van der Waals surface area contributed by atoms with Crippen molar-refractivity contribution in [1.29, 1.82) is 0 Å². The van der Waals surface area contributed by atoms with Crippen LogP contribution in [0, 0.1) is 5.92 Å². The molecular formula is C26H32N4O4S2. The van der Waals surface area contributed by atoms with Crippen molar-refractivity contribution < 1.29 is 19.5 Å². The van der Waals surface area contributed by atoms with Crippen molar-refractivity contribution in [1.82, 2.24) is 15.2 Å². The molecule has 3 heterocycles. The normalized spacial score (nSPS) is 30.9. The van der Waals surface area contributed by atoms with E-state index in [1.165, 1.54) is 33.6 Å². The molecule has 36 heavy (non-hydrogen) atoms. The van der Waals surface area contributed by atoms with Gasteiger partial charge in [0.25, 0.3) is 0 Å². The van der Waals surface area contributed by atoms with Crippen molar-refractivity contribution in [3.05, 3.63) is 47.0 Å². The van der Waals surface area contributed by atoms with Crippen LogP contribution in [-0.4, -0.2) is 55.0 Å². The molecule has 192 valence electrons. The van der Waals surface area contributed by atoms with Gasteiger partial charge >= 0.3 is 5.97 Å². The van der Waals surface area contributed by atoms with Crippen molar-refractivity contribution in [3.8, 4) is 0 Å². The molecule has 0 spiro atoms. The number of thiazole rings is 1. The molecule has 6 atom stereocenters. The van der Waals surface area contributed by atoms with E-state index in [2.05, 4.69) is 34.6 Å². The minimum Gasteiger partial charge on any atom is -0.480 e. The molecule has 2 aromatic rings. The Bertz CT molecular complexity index is 1150. The van der Waals surface area contributed by atoms with E-state index in [0.717, 1.165) is 25.0 Å². The number of fused-ring (bicyclic) bond motifs is 1. The third-order valence-electron chi connectivity index (χ3n) is 7.92. The van der Waals surface area contributed by atoms with Crippen LogP contribution in [0.25, 0.3) is 0 Å². The molecule has 2 aliphatic heterocycles. The van der Waals surface area contributed by atoms with Crippen molar-refractivity contribution in [2.24, 2.45) is 5.92 Å². The predicted molar refractivity (Wildman–Crippen MR) is 141 cm³/mol. The fourth-order valence-electron chi connectivity index (χ4n) is 6.15. The molecule has 3 aliphatic rings. The van der Waals surface area contributed by atoms with Crippen molar-refractivity contribution >= 4 is 46.0 Å². The first-order chi connectivity index (χ1) is 17.2. The zero-order chi connectivity index (χ0) is 25.6. The minimum absolute atomic E-state index is 0.160. The Balaban J connectivity index is 1.21. The molecule has 1 aromatic carbocycles. The quantitative estimate of drug-likeness (QED) is 0.467. The number of carboxylic acid groups (broad SMARTS) is 1. The maximum atomic E-state index is 12.9. The summed E-state index contributed by atoms with van der Waals surface area (Å²) in [7, 11) is 0. The van der Waals surface area contributed by atoms with Crippen LogP contribution in [0.5, 0.6) is 0 Å². The van der Waals surface area contributed by atoms with E-state index >= 15 is 0 Å². The molecule has 1 saturated carbocycles. The first-order valence-electron chi connectivity index (χ1n) is 12.4. The van der Waals surface area contributed by atoms with Gasteiger partial charge in [0, 0.05) is 22.5 Å². The standard InChI is InChI=1S/C26H32N4O4S2/c1-26(2)21(24(33)34)30-22(32)20(23(30)36-26)29-19(31)11-10-15-8-9-16(14-6-4-3-5-7-14)12-17(15)18-13-35-25(27)28-18/h3-7,13,15-17,20-21,23H,8-12H2,1-2H3,(H2,27,28)(H,29,31)(H,33,34)/t15?,16-,17+,20-,21-,23+/m0/s1. The van der Waals surface area contributed by atoms with Crippen LogP contribution in [0.15, 0.2) is 35.7 Å². The zero-order valence-electron chi connectivity index (χ0n) is 20.4. The lowest BCUT2D eigenvalue weighted by atomic mass is 9.69. The topological polar surface area (TPSA) is 126 Å². The summed E-state index contributed by atoms with van der Waals surface area (Å²) in [4.78, 5) is 43.3. The number of nitrogens with zero attached hydrogens (tertiary/aromatic N) is 2. The average Bonchev–Trinajstić information content (AvgIpc) is 3.40. The Kier molecular flexibility index (Phi) is 6.76. The highest BCUT2D eigenvalue weighted by Crippen LogP contribution is 2.51. The van der Waals surface area contributed by atoms with Crippen LogP contribution in [0.3, 0.4) is 0 Å². The lowest BCUT2D eigenvalue weighted by molar-refractivity contribution is -0.161. The number of β-lactam (4-membered cyclic amide) rings is 1. The number of nitrogen functional groups attached to an aromatic ring is 1. The number of nitrogens with two attached hydrogens (primary N) is 1. The lowest BCUT2D eigenvalue weighted by Gasteiger charge is -2.43. The van der Waals surface area contributed by atoms with Crippen molar-refractivity contribution in [3.63, 3.8) is 0 Å². The van der Waals surface area contributed by atoms with Gasteiger partial charge in [0.1, 0.15) is 17.5 Å². The Morgan fingerprint density at radius 3 is 2.67 bits per heavy atom. The molecular weight excluding hydrogens is 496 g/mol. The average molecular weight is 529 g/mol. The molecule has 4 N–H and O–H groups in total. The van der Waals surface area contributed by atoms with Crippen LogP contribution in [0.4, 0.5) is 5.13 Å². The SMILES string of the molecule is CC1(C)S[C@@H]2[C@@H](NC(=O)CCC3CC[C@H](c4ccccc4)C[C@H]3c3csc(N)n3)C(=O)N2[C@H]1C(=O)O. The number of aromatic nitrogens is 1. The van der Waals surface area contributed by atoms with Gasteiger partial charge in [0.2, 0.25) is 11.8 Å².